The molecule has 3 aliphatic carbocycles. The molecule has 5 atom stereocenters. The van der Waals surface area contributed by atoms with Crippen LogP contribution in [0.1, 0.15) is 32.1 Å². The summed E-state index contributed by atoms with van der Waals surface area (Å²) in [4.78, 5) is 0. The maximum Gasteiger partial charge on any atom is 0.201 e. The summed E-state index contributed by atoms with van der Waals surface area (Å²) in [6.45, 7) is 4.03. The Balaban J connectivity index is 1.69. The molecule has 2 bridgehead atoms. The van der Waals surface area contributed by atoms with Gasteiger partial charge in [-0.05, 0) is 49.4 Å². The molecule has 3 aliphatic rings. The first-order chi connectivity index (χ1) is 7.66. The van der Waals surface area contributed by atoms with Gasteiger partial charge in [-0.25, -0.2) is 0 Å². The van der Waals surface area contributed by atoms with Crippen molar-refractivity contribution in [3.8, 4) is 0 Å². The number of allylic oxidation sites excluding steroid dienone is 1. The molecule has 0 aromatic rings. The SMILES string of the molecule is C=C(OC(N)N)C1CC2CC1C1CCCC21. The first-order valence-corrected chi connectivity index (χ1v) is 6.53. The lowest BCUT2D eigenvalue weighted by Gasteiger charge is -2.32. The summed E-state index contributed by atoms with van der Waals surface area (Å²) in [5, 5.41) is 0. The molecule has 0 saturated heterocycles. The highest BCUT2D eigenvalue weighted by molar-refractivity contribution is 5.10. The van der Waals surface area contributed by atoms with Crippen molar-refractivity contribution in [2.24, 2.45) is 41.1 Å². The largest absolute Gasteiger partial charge is 0.467 e. The van der Waals surface area contributed by atoms with Gasteiger partial charge in [-0.2, -0.15) is 0 Å². The van der Waals surface area contributed by atoms with E-state index in [1.54, 1.807) is 0 Å². The van der Waals surface area contributed by atoms with Crippen molar-refractivity contribution in [3.63, 3.8) is 0 Å². The van der Waals surface area contributed by atoms with Gasteiger partial charge in [-0.1, -0.05) is 13.0 Å². The molecule has 0 spiro atoms. The number of rotatable bonds is 3. The van der Waals surface area contributed by atoms with Gasteiger partial charge in [0.15, 0.2) is 0 Å². The lowest BCUT2D eigenvalue weighted by atomic mass is 9.75. The first-order valence-electron chi connectivity index (χ1n) is 6.53. The summed E-state index contributed by atoms with van der Waals surface area (Å²) >= 11 is 0. The van der Waals surface area contributed by atoms with Crippen LogP contribution in [0.25, 0.3) is 0 Å². The third kappa shape index (κ3) is 1.49. The maximum atomic E-state index is 5.46. The molecule has 0 amide bonds. The van der Waals surface area contributed by atoms with Crippen LogP contribution in [0.15, 0.2) is 12.3 Å². The van der Waals surface area contributed by atoms with Crippen molar-refractivity contribution in [1.82, 2.24) is 0 Å². The molecule has 4 N–H and O–H groups in total. The van der Waals surface area contributed by atoms with Gasteiger partial charge in [0, 0.05) is 5.92 Å². The zero-order valence-corrected chi connectivity index (χ0v) is 9.77. The second kappa shape index (κ2) is 3.74. The molecule has 3 rings (SSSR count). The van der Waals surface area contributed by atoms with Crippen molar-refractivity contribution in [3.05, 3.63) is 12.3 Å². The average molecular weight is 222 g/mol. The van der Waals surface area contributed by atoms with E-state index in [0.29, 0.717) is 5.92 Å². The Bertz CT molecular complexity index is 302. The van der Waals surface area contributed by atoms with E-state index in [0.717, 1.165) is 29.4 Å². The Morgan fingerprint density at radius 3 is 2.62 bits per heavy atom. The van der Waals surface area contributed by atoms with Crippen LogP contribution in [-0.2, 0) is 4.74 Å². The van der Waals surface area contributed by atoms with E-state index in [9.17, 15) is 0 Å². The molecule has 0 aromatic heterocycles. The molecular formula is C13H22N2O. The number of nitrogens with two attached hydrogens (primary N) is 2. The molecule has 5 unspecified atom stereocenters. The smallest absolute Gasteiger partial charge is 0.201 e. The highest BCUT2D eigenvalue weighted by Crippen LogP contribution is 2.62. The fourth-order valence-corrected chi connectivity index (χ4v) is 4.70. The monoisotopic (exact) mass is 222 g/mol. The second-order valence-corrected chi connectivity index (χ2v) is 5.81. The highest BCUT2D eigenvalue weighted by Gasteiger charge is 2.54. The van der Waals surface area contributed by atoms with Gasteiger partial charge in [0.2, 0.25) is 6.35 Å². The van der Waals surface area contributed by atoms with Crippen LogP contribution in [0.4, 0.5) is 0 Å². The molecular weight excluding hydrogens is 200 g/mol. The van der Waals surface area contributed by atoms with Crippen molar-refractivity contribution in [2.45, 2.75) is 38.5 Å². The Morgan fingerprint density at radius 2 is 1.88 bits per heavy atom. The Labute approximate surface area is 97.2 Å². The molecule has 3 nitrogen and oxygen atoms in total. The van der Waals surface area contributed by atoms with E-state index < -0.39 is 6.35 Å². The van der Waals surface area contributed by atoms with E-state index in [1.807, 2.05) is 0 Å². The fraction of sp³-hybridized carbons (Fsp3) is 0.846. The second-order valence-electron chi connectivity index (χ2n) is 5.81. The van der Waals surface area contributed by atoms with E-state index >= 15 is 0 Å². The molecule has 0 radical (unpaired) electrons. The third-order valence-electron chi connectivity index (χ3n) is 5.13. The summed E-state index contributed by atoms with van der Waals surface area (Å²) in [6.07, 6.45) is 6.26. The fourth-order valence-electron chi connectivity index (χ4n) is 4.70. The molecule has 0 aliphatic heterocycles. The third-order valence-corrected chi connectivity index (χ3v) is 5.13. The lowest BCUT2D eigenvalue weighted by molar-refractivity contribution is 0.0742. The van der Waals surface area contributed by atoms with Gasteiger partial charge in [0.25, 0.3) is 0 Å². The van der Waals surface area contributed by atoms with Crippen molar-refractivity contribution >= 4 is 0 Å². The molecule has 3 heteroatoms. The first kappa shape index (κ1) is 10.6. The summed E-state index contributed by atoms with van der Waals surface area (Å²) in [7, 11) is 0. The van der Waals surface area contributed by atoms with E-state index in [4.69, 9.17) is 16.2 Å². The highest BCUT2D eigenvalue weighted by atomic mass is 16.5. The minimum atomic E-state index is -0.703. The van der Waals surface area contributed by atoms with Crippen LogP contribution in [-0.4, -0.2) is 6.35 Å². The van der Waals surface area contributed by atoms with E-state index in [1.165, 1.54) is 32.1 Å². The lowest BCUT2D eigenvalue weighted by Crippen LogP contribution is -2.35. The van der Waals surface area contributed by atoms with Gasteiger partial charge in [-0.3, -0.25) is 11.5 Å². The normalized spacial score (nSPS) is 45.1. The zero-order valence-electron chi connectivity index (χ0n) is 9.77. The summed E-state index contributed by atoms with van der Waals surface area (Å²) in [5.74, 6) is 5.06. The number of hydrogen-bond donors (Lipinski definition) is 2. The van der Waals surface area contributed by atoms with Crippen LogP contribution in [0.3, 0.4) is 0 Å². The van der Waals surface area contributed by atoms with Gasteiger partial charge in [0.1, 0.15) is 0 Å². The van der Waals surface area contributed by atoms with Crippen LogP contribution in [0.5, 0.6) is 0 Å². The Hall–Kier alpha value is -0.540. The van der Waals surface area contributed by atoms with Gasteiger partial charge < -0.3 is 4.74 Å². The van der Waals surface area contributed by atoms with Crippen LogP contribution >= 0.6 is 0 Å². The molecule has 90 valence electrons. The number of ether oxygens (including phenoxy) is 1. The Kier molecular flexibility index (Phi) is 2.48. The van der Waals surface area contributed by atoms with Crippen LogP contribution in [0.2, 0.25) is 0 Å². The summed E-state index contributed by atoms with van der Waals surface area (Å²) in [6, 6.07) is 0. The van der Waals surface area contributed by atoms with Gasteiger partial charge in [-0.15, -0.1) is 0 Å². The molecule has 3 fully saturated rings. The van der Waals surface area contributed by atoms with Crippen molar-refractivity contribution in [1.29, 1.82) is 0 Å². The molecule has 0 heterocycles. The van der Waals surface area contributed by atoms with Crippen LogP contribution in [0, 0.1) is 29.6 Å². The summed E-state index contributed by atoms with van der Waals surface area (Å²) < 4.78 is 5.40. The standard InChI is InChI=1S/C13H22N2O/c1-7(16-13(14)15)11-5-8-6-12(11)10-4-2-3-9(8)10/h8-13H,1-6,14-15H2. The summed E-state index contributed by atoms with van der Waals surface area (Å²) in [5.41, 5.74) is 10.9. The van der Waals surface area contributed by atoms with E-state index in [-0.39, 0.29) is 0 Å². The predicted molar refractivity (Wildman–Crippen MR) is 62.9 cm³/mol. The zero-order chi connectivity index (χ0) is 11.3. The molecule has 16 heavy (non-hydrogen) atoms. The van der Waals surface area contributed by atoms with Gasteiger partial charge in [0.05, 0.1) is 5.76 Å². The van der Waals surface area contributed by atoms with Crippen molar-refractivity contribution in [2.75, 3.05) is 0 Å². The Morgan fingerprint density at radius 1 is 1.12 bits per heavy atom. The average Bonchev–Trinajstić information content (AvgIpc) is 2.88. The van der Waals surface area contributed by atoms with Crippen LogP contribution < -0.4 is 11.5 Å². The van der Waals surface area contributed by atoms with Crippen molar-refractivity contribution < 1.29 is 4.74 Å². The maximum absolute atomic E-state index is 5.46. The molecule has 3 saturated carbocycles. The minimum absolute atomic E-state index is 0.527. The topological polar surface area (TPSA) is 61.3 Å². The predicted octanol–water partition coefficient (Wildman–Crippen LogP) is 1.79. The molecule has 0 aromatic carbocycles. The number of hydrogen-bond acceptors (Lipinski definition) is 3. The minimum Gasteiger partial charge on any atom is -0.467 e. The number of fused-ring (bicyclic) bond motifs is 5. The quantitative estimate of drug-likeness (QED) is 0.565. The van der Waals surface area contributed by atoms with Gasteiger partial charge >= 0.3 is 0 Å². The van der Waals surface area contributed by atoms with E-state index in [2.05, 4.69) is 6.58 Å².